The van der Waals surface area contributed by atoms with E-state index in [-0.39, 0.29) is 6.67 Å². The van der Waals surface area contributed by atoms with Crippen LogP contribution in [0.5, 0.6) is 0 Å². The number of aromatic nitrogens is 1. The normalized spacial score (nSPS) is 10.6. The summed E-state index contributed by atoms with van der Waals surface area (Å²) < 4.78 is 17.3. The van der Waals surface area contributed by atoms with Crippen LogP contribution in [0, 0.1) is 6.92 Å². The SMILES string of the molecule is Cc1c(NCCCCF)cccc1-c1ncco1. The van der Waals surface area contributed by atoms with Gasteiger partial charge in [-0.1, -0.05) is 6.07 Å². The average Bonchev–Trinajstić information content (AvgIpc) is 2.90. The van der Waals surface area contributed by atoms with Crippen LogP contribution in [0.1, 0.15) is 18.4 Å². The minimum absolute atomic E-state index is 0.253. The molecule has 0 radical (unpaired) electrons. The van der Waals surface area contributed by atoms with Gasteiger partial charge in [-0.2, -0.15) is 0 Å². The van der Waals surface area contributed by atoms with Crippen molar-refractivity contribution in [2.75, 3.05) is 18.5 Å². The van der Waals surface area contributed by atoms with E-state index in [0.29, 0.717) is 12.3 Å². The van der Waals surface area contributed by atoms with E-state index in [1.165, 1.54) is 0 Å². The number of hydrogen-bond donors (Lipinski definition) is 1. The van der Waals surface area contributed by atoms with E-state index in [4.69, 9.17) is 4.42 Å². The molecule has 1 aromatic heterocycles. The van der Waals surface area contributed by atoms with Gasteiger partial charge in [-0.3, -0.25) is 4.39 Å². The second-order valence-electron chi connectivity index (χ2n) is 4.14. The van der Waals surface area contributed by atoms with Gasteiger partial charge in [0.15, 0.2) is 0 Å². The number of anilines is 1. The van der Waals surface area contributed by atoms with Gasteiger partial charge >= 0.3 is 0 Å². The molecule has 2 rings (SSSR count). The van der Waals surface area contributed by atoms with Crippen LogP contribution in [-0.4, -0.2) is 18.2 Å². The number of alkyl halides is 1. The summed E-state index contributed by atoms with van der Waals surface area (Å²) in [7, 11) is 0. The highest BCUT2D eigenvalue weighted by Crippen LogP contribution is 2.27. The number of benzene rings is 1. The number of halogens is 1. The summed E-state index contributed by atoms with van der Waals surface area (Å²) in [4.78, 5) is 4.15. The maximum Gasteiger partial charge on any atom is 0.226 e. The molecular weight excluding hydrogens is 231 g/mol. The third-order valence-corrected chi connectivity index (χ3v) is 2.87. The van der Waals surface area contributed by atoms with Crippen molar-refractivity contribution >= 4 is 5.69 Å². The smallest absolute Gasteiger partial charge is 0.226 e. The lowest BCUT2D eigenvalue weighted by atomic mass is 10.1. The summed E-state index contributed by atoms with van der Waals surface area (Å²) in [6.07, 6.45) is 4.64. The van der Waals surface area contributed by atoms with E-state index in [2.05, 4.69) is 10.3 Å². The highest BCUT2D eigenvalue weighted by Gasteiger charge is 2.08. The maximum absolute atomic E-state index is 12.0. The van der Waals surface area contributed by atoms with Crippen LogP contribution in [-0.2, 0) is 0 Å². The van der Waals surface area contributed by atoms with Gasteiger partial charge < -0.3 is 9.73 Å². The predicted molar refractivity (Wildman–Crippen MR) is 70.4 cm³/mol. The fourth-order valence-corrected chi connectivity index (χ4v) is 1.86. The maximum atomic E-state index is 12.0. The molecule has 0 saturated carbocycles. The van der Waals surface area contributed by atoms with Crippen molar-refractivity contribution in [2.45, 2.75) is 19.8 Å². The van der Waals surface area contributed by atoms with Crippen LogP contribution < -0.4 is 5.32 Å². The molecule has 0 aliphatic rings. The molecule has 0 aliphatic heterocycles. The van der Waals surface area contributed by atoms with E-state index in [0.717, 1.165) is 29.8 Å². The first-order valence-electron chi connectivity index (χ1n) is 6.12. The molecule has 0 atom stereocenters. The summed E-state index contributed by atoms with van der Waals surface area (Å²) in [5.41, 5.74) is 3.13. The lowest BCUT2D eigenvalue weighted by Gasteiger charge is -2.11. The van der Waals surface area contributed by atoms with E-state index in [1.54, 1.807) is 12.5 Å². The summed E-state index contributed by atoms with van der Waals surface area (Å²) in [5.74, 6) is 0.625. The van der Waals surface area contributed by atoms with Crippen molar-refractivity contribution in [3.63, 3.8) is 0 Å². The highest BCUT2D eigenvalue weighted by atomic mass is 19.1. The molecular formula is C14H17FN2O. The average molecular weight is 248 g/mol. The molecule has 0 amide bonds. The first-order valence-corrected chi connectivity index (χ1v) is 6.12. The molecule has 1 aromatic carbocycles. The molecule has 0 aliphatic carbocycles. The van der Waals surface area contributed by atoms with Crippen LogP contribution in [0.4, 0.5) is 10.1 Å². The first kappa shape index (κ1) is 12.6. The largest absolute Gasteiger partial charge is 0.445 e. The number of unbranched alkanes of at least 4 members (excludes halogenated alkanes) is 1. The summed E-state index contributed by atoms with van der Waals surface area (Å²) >= 11 is 0. The zero-order valence-electron chi connectivity index (χ0n) is 10.4. The molecule has 18 heavy (non-hydrogen) atoms. The van der Waals surface area contributed by atoms with Gasteiger partial charge in [0.05, 0.1) is 12.9 Å². The fourth-order valence-electron chi connectivity index (χ4n) is 1.86. The fraction of sp³-hybridized carbons (Fsp3) is 0.357. The Labute approximate surface area is 106 Å². The Hall–Kier alpha value is -1.84. The third kappa shape index (κ3) is 2.88. The Bertz CT molecular complexity index is 483. The molecule has 0 bridgehead atoms. The van der Waals surface area contributed by atoms with Gasteiger partial charge in [-0.15, -0.1) is 0 Å². The van der Waals surface area contributed by atoms with E-state index in [9.17, 15) is 4.39 Å². The Balaban J connectivity index is 2.10. The minimum atomic E-state index is -0.253. The standard InChI is InChI=1S/C14H17FN2O/c1-11-12(14-17-9-10-18-14)5-4-6-13(11)16-8-3-2-7-15/h4-6,9-10,16H,2-3,7-8H2,1H3. The number of nitrogens with one attached hydrogen (secondary N) is 1. The number of hydrogen-bond acceptors (Lipinski definition) is 3. The van der Waals surface area contributed by atoms with Gasteiger partial charge in [-0.05, 0) is 37.5 Å². The van der Waals surface area contributed by atoms with Gasteiger partial charge in [0.2, 0.25) is 5.89 Å². The van der Waals surface area contributed by atoms with Gasteiger partial charge in [0.1, 0.15) is 6.26 Å². The van der Waals surface area contributed by atoms with E-state index < -0.39 is 0 Å². The molecule has 0 fully saturated rings. The van der Waals surface area contributed by atoms with Crippen molar-refractivity contribution in [3.8, 4) is 11.5 Å². The Morgan fingerprint density at radius 2 is 2.22 bits per heavy atom. The van der Waals surface area contributed by atoms with E-state index in [1.807, 2.05) is 25.1 Å². The van der Waals surface area contributed by atoms with Crippen molar-refractivity contribution < 1.29 is 8.81 Å². The predicted octanol–water partition coefficient (Wildman–Crippen LogP) is 3.81. The molecule has 0 saturated heterocycles. The molecule has 3 nitrogen and oxygen atoms in total. The van der Waals surface area contributed by atoms with Crippen LogP contribution >= 0.6 is 0 Å². The Morgan fingerprint density at radius 1 is 1.33 bits per heavy atom. The molecule has 0 spiro atoms. The number of nitrogens with zero attached hydrogens (tertiary/aromatic N) is 1. The monoisotopic (exact) mass is 248 g/mol. The van der Waals surface area contributed by atoms with E-state index >= 15 is 0 Å². The van der Waals surface area contributed by atoms with Crippen molar-refractivity contribution in [1.82, 2.24) is 4.98 Å². The molecule has 1 heterocycles. The van der Waals surface area contributed by atoms with Gasteiger partial charge in [0, 0.05) is 17.8 Å². The van der Waals surface area contributed by atoms with Crippen molar-refractivity contribution in [2.24, 2.45) is 0 Å². The zero-order valence-corrected chi connectivity index (χ0v) is 10.4. The molecule has 96 valence electrons. The molecule has 1 N–H and O–H groups in total. The lowest BCUT2D eigenvalue weighted by molar-refractivity contribution is 0.466. The topological polar surface area (TPSA) is 38.1 Å². The van der Waals surface area contributed by atoms with Crippen LogP contribution in [0.2, 0.25) is 0 Å². The minimum Gasteiger partial charge on any atom is -0.445 e. The molecule has 4 heteroatoms. The van der Waals surface area contributed by atoms with Crippen molar-refractivity contribution in [3.05, 3.63) is 36.2 Å². The number of oxazole rings is 1. The van der Waals surface area contributed by atoms with Gasteiger partial charge in [-0.25, -0.2) is 4.98 Å². The van der Waals surface area contributed by atoms with Crippen LogP contribution in [0.3, 0.4) is 0 Å². The van der Waals surface area contributed by atoms with Gasteiger partial charge in [0.25, 0.3) is 0 Å². The second kappa shape index (κ2) is 6.19. The molecule has 0 unspecified atom stereocenters. The first-order chi connectivity index (χ1) is 8.83. The Morgan fingerprint density at radius 3 is 2.94 bits per heavy atom. The third-order valence-electron chi connectivity index (χ3n) is 2.87. The quantitative estimate of drug-likeness (QED) is 0.790. The molecule has 2 aromatic rings. The zero-order chi connectivity index (χ0) is 12.8. The van der Waals surface area contributed by atoms with Crippen LogP contribution in [0.15, 0.2) is 35.1 Å². The highest BCUT2D eigenvalue weighted by molar-refractivity contribution is 5.68. The summed E-state index contributed by atoms with van der Waals surface area (Å²) in [6, 6.07) is 5.95. The lowest BCUT2D eigenvalue weighted by Crippen LogP contribution is -2.03. The second-order valence-corrected chi connectivity index (χ2v) is 4.14. The Kier molecular flexibility index (Phi) is 4.34. The van der Waals surface area contributed by atoms with Crippen molar-refractivity contribution in [1.29, 1.82) is 0 Å². The summed E-state index contributed by atoms with van der Waals surface area (Å²) in [5, 5.41) is 3.31. The van der Waals surface area contributed by atoms with Crippen LogP contribution in [0.25, 0.3) is 11.5 Å². The summed E-state index contributed by atoms with van der Waals surface area (Å²) in [6.45, 7) is 2.55. The number of rotatable bonds is 6.